The first-order valence-electron chi connectivity index (χ1n) is 8.57. The Morgan fingerprint density at radius 2 is 1.96 bits per heavy atom. The van der Waals surface area contributed by atoms with E-state index in [1.54, 1.807) is 7.11 Å². The maximum absolute atomic E-state index is 12.0. The lowest BCUT2D eigenvalue weighted by molar-refractivity contribution is -0.116. The third-order valence-electron chi connectivity index (χ3n) is 4.21. The van der Waals surface area contributed by atoms with E-state index in [2.05, 4.69) is 16.0 Å². The van der Waals surface area contributed by atoms with Crippen LogP contribution in [0.1, 0.15) is 44.1 Å². The number of benzene rings is 1. The lowest BCUT2D eigenvalue weighted by atomic mass is 9.96. The molecule has 1 aliphatic rings. The zero-order valence-electron chi connectivity index (χ0n) is 14.5. The summed E-state index contributed by atoms with van der Waals surface area (Å²) in [5.41, 5.74) is 1.69. The van der Waals surface area contributed by atoms with E-state index in [0.29, 0.717) is 18.0 Å². The van der Waals surface area contributed by atoms with Crippen molar-refractivity contribution >= 4 is 17.6 Å². The van der Waals surface area contributed by atoms with Gasteiger partial charge in [0.25, 0.3) is 0 Å². The predicted molar refractivity (Wildman–Crippen MR) is 94.4 cm³/mol. The van der Waals surface area contributed by atoms with E-state index in [0.717, 1.165) is 18.4 Å². The first-order valence-corrected chi connectivity index (χ1v) is 8.57. The molecule has 1 aromatic rings. The maximum atomic E-state index is 12.0. The molecule has 24 heavy (non-hydrogen) atoms. The van der Waals surface area contributed by atoms with E-state index in [9.17, 15) is 9.59 Å². The Kier molecular flexibility index (Phi) is 6.90. The zero-order chi connectivity index (χ0) is 17.4. The number of ether oxygens (including phenoxy) is 1. The van der Waals surface area contributed by atoms with E-state index in [4.69, 9.17) is 4.74 Å². The number of hydrogen-bond acceptors (Lipinski definition) is 3. The van der Waals surface area contributed by atoms with Gasteiger partial charge >= 0.3 is 6.03 Å². The second-order valence-electron chi connectivity index (χ2n) is 6.24. The average molecular weight is 333 g/mol. The van der Waals surface area contributed by atoms with E-state index in [1.807, 2.05) is 25.1 Å². The van der Waals surface area contributed by atoms with Gasteiger partial charge in [0.2, 0.25) is 5.91 Å². The topological polar surface area (TPSA) is 79.5 Å². The summed E-state index contributed by atoms with van der Waals surface area (Å²) in [5.74, 6) is 0.466. The summed E-state index contributed by atoms with van der Waals surface area (Å²) >= 11 is 0. The number of aryl methyl sites for hydroxylation is 1. The number of nitrogens with one attached hydrogen (secondary N) is 3. The molecule has 1 aromatic carbocycles. The SMILES string of the molecule is COc1ccc(C)cc1NC(=O)CCNC(=O)NC1CCCCC1. The molecule has 2 rings (SSSR count). The molecular formula is C18H27N3O3. The molecule has 0 aliphatic heterocycles. The van der Waals surface area contributed by atoms with Crippen LogP contribution in [-0.2, 0) is 4.79 Å². The number of carbonyl (C=O) groups excluding carboxylic acids is 2. The number of methoxy groups -OCH3 is 1. The van der Waals surface area contributed by atoms with Crippen LogP contribution in [-0.4, -0.2) is 31.6 Å². The summed E-state index contributed by atoms with van der Waals surface area (Å²) in [6.45, 7) is 2.25. The van der Waals surface area contributed by atoms with Crippen LogP contribution in [0.5, 0.6) is 5.75 Å². The van der Waals surface area contributed by atoms with Crippen LogP contribution >= 0.6 is 0 Å². The lowest BCUT2D eigenvalue weighted by Crippen LogP contribution is -2.43. The van der Waals surface area contributed by atoms with Gasteiger partial charge in [-0.1, -0.05) is 25.3 Å². The highest BCUT2D eigenvalue weighted by molar-refractivity contribution is 5.92. The molecule has 0 saturated heterocycles. The molecule has 1 fully saturated rings. The maximum Gasteiger partial charge on any atom is 0.315 e. The number of anilines is 1. The molecule has 0 unspecified atom stereocenters. The molecule has 0 radical (unpaired) electrons. The molecule has 0 spiro atoms. The number of rotatable bonds is 6. The Labute approximate surface area is 143 Å². The van der Waals surface area contributed by atoms with Crippen molar-refractivity contribution in [2.75, 3.05) is 19.0 Å². The molecule has 0 bridgehead atoms. The van der Waals surface area contributed by atoms with Gasteiger partial charge in [-0.05, 0) is 37.5 Å². The summed E-state index contributed by atoms with van der Waals surface area (Å²) in [6.07, 6.45) is 5.90. The second kappa shape index (κ2) is 9.15. The van der Waals surface area contributed by atoms with Crippen molar-refractivity contribution in [2.24, 2.45) is 0 Å². The summed E-state index contributed by atoms with van der Waals surface area (Å²) < 4.78 is 5.23. The molecular weight excluding hydrogens is 306 g/mol. The van der Waals surface area contributed by atoms with Gasteiger partial charge in [0.15, 0.2) is 0 Å². The minimum atomic E-state index is -0.192. The van der Waals surface area contributed by atoms with Crippen LogP contribution < -0.4 is 20.7 Å². The summed E-state index contributed by atoms with van der Waals surface area (Å²) in [6, 6.07) is 5.68. The van der Waals surface area contributed by atoms with E-state index >= 15 is 0 Å². The average Bonchev–Trinajstić information content (AvgIpc) is 2.56. The second-order valence-corrected chi connectivity index (χ2v) is 6.24. The number of hydrogen-bond donors (Lipinski definition) is 3. The molecule has 0 aromatic heterocycles. The summed E-state index contributed by atoms with van der Waals surface area (Å²) in [7, 11) is 1.57. The van der Waals surface area contributed by atoms with Crippen molar-refractivity contribution in [3.63, 3.8) is 0 Å². The Hall–Kier alpha value is -2.24. The van der Waals surface area contributed by atoms with Crippen LogP contribution in [0, 0.1) is 6.92 Å². The highest BCUT2D eigenvalue weighted by Gasteiger charge is 2.15. The Morgan fingerprint density at radius 1 is 1.21 bits per heavy atom. The van der Waals surface area contributed by atoms with Crippen molar-refractivity contribution in [2.45, 2.75) is 51.5 Å². The van der Waals surface area contributed by atoms with Crippen molar-refractivity contribution in [1.29, 1.82) is 0 Å². The molecule has 3 amide bonds. The van der Waals surface area contributed by atoms with Gasteiger partial charge in [-0.2, -0.15) is 0 Å². The molecule has 1 saturated carbocycles. The number of amides is 3. The fraction of sp³-hybridized carbons (Fsp3) is 0.556. The van der Waals surface area contributed by atoms with Crippen LogP contribution in [0.15, 0.2) is 18.2 Å². The van der Waals surface area contributed by atoms with Gasteiger partial charge in [0.05, 0.1) is 12.8 Å². The molecule has 3 N–H and O–H groups in total. The molecule has 0 atom stereocenters. The van der Waals surface area contributed by atoms with Crippen molar-refractivity contribution in [1.82, 2.24) is 10.6 Å². The van der Waals surface area contributed by atoms with Crippen LogP contribution in [0.2, 0.25) is 0 Å². The lowest BCUT2D eigenvalue weighted by Gasteiger charge is -2.22. The van der Waals surface area contributed by atoms with Crippen molar-refractivity contribution in [3.8, 4) is 5.75 Å². The van der Waals surface area contributed by atoms with Gasteiger partial charge in [0.1, 0.15) is 5.75 Å². The molecule has 6 nitrogen and oxygen atoms in total. The van der Waals surface area contributed by atoms with Crippen molar-refractivity contribution < 1.29 is 14.3 Å². The first-order chi connectivity index (χ1) is 11.6. The number of carbonyl (C=O) groups is 2. The third kappa shape index (κ3) is 5.76. The smallest absolute Gasteiger partial charge is 0.315 e. The van der Waals surface area contributed by atoms with Gasteiger partial charge < -0.3 is 20.7 Å². The van der Waals surface area contributed by atoms with E-state index in [1.165, 1.54) is 19.3 Å². The minimum Gasteiger partial charge on any atom is -0.495 e. The van der Waals surface area contributed by atoms with E-state index < -0.39 is 0 Å². The minimum absolute atomic E-state index is 0.156. The standard InChI is InChI=1S/C18H27N3O3/c1-13-8-9-16(24-2)15(12-13)21-17(22)10-11-19-18(23)20-14-6-4-3-5-7-14/h8-9,12,14H,3-7,10-11H2,1-2H3,(H,21,22)(H2,19,20,23). The fourth-order valence-electron chi connectivity index (χ4n) is 2.91. The molecule has 0 heterocycles. The van der Waals surface area contributed by atoms with E-state index in [-0.39, 0.29) is 24.4 Å². The third-order valence-corrected chi connectivity index (χ3v) is 4.21. The first kappa shape index (κ1) is 18.1. The summed E-state index contributed by atoms with van der Waals surface area (Å²) in [4.78, 5) is 23.8. The van der Waals surface area contributed by atoms with Crippen LogP contribution in [0.25, 0.3) is 0 Å². The highest BCUT2D eigenvalue weighted by Crippen LogP contribution is 2.25. The van der Waals surface area contributed by atoms with Crippen molar-refractivity contribution in [3.05, 3.63) is 23.8 Å². The quantitative estimate of drug-likeness (QED) is 0.749. The Bertz CT molecular complexity index is 569. The van der Waals surface area contributed by atoms with Crippen LogP contribution in [0.3, 0.4) is 0 Å². The predicted octanol–water partition coefficient (Wildman–Crippen LogP) is 2.96. The molecule has 6 heteroatoms. The highest BCUT2D eigenvalue weighted by atomic mass is 16.5. The fourth-order valence-corrected chi connectivity index (χ4v) is 2.91. The van der Waals surface area contributed by atoms with Crippen LogP contribution in [0.4, 0.5) is 10.5 Å². The number of urea groups is 1. The molecule has 1 aliphatic carbocycles. The van der Waals surface area contributed by atoms with Gasteiger partial charge in [-0.3, -0.25) is 4.79 Å². The Balaban J connectivity index is 1.71. The normalized spacial score (nSPS) is 14.8. The monoisotopic (exact) mass is 333 g/mol. The Morgan fingerprint density at radius 3 is 2.67 bits per heavy atom. The molecule has 132 valence electrons. The largest absolute Gasteiger partial charge is 0.495 e. The van der Waals surface area contributed by atoms with Gasteiger partial charge in [-0.25, -0.2) is 4.79 Å². The van der Waals surface area contributed by atoms with Gasteiger partial charge in [-0.15, -0.1) is 0 Å². The van der Waals surface area contributed by atoms with Gasteiger partial charge in [0, 0.05) is 19.0 Å². The zero-order valence-corrected chi connectivity index (χ0v) is 14.5. The summed E-state index contributed by atoms with van der Waals surface area (Å²) in [5, 5.41) is 8.53.